The maximum Gasteiger partial charge on any atom is 0.164 e. The summed E-state index contributed by atoms with van der Waals surface area (Å²) in [6, 6.07) is 67.6. The second kappa shape index (κ2) is 13.0. The molecular weight excluding hydrogens is 685 g/mol. The highest BCUT2D eigenvalue weighted by atomic mass is 16.3. The van der Waals surface area contributed by atoms with E-state index in [4.69, 9.17) is 19.4 Å². The normalized spacial score (nSPS) is 11.6. The number of hydrogen-bond donors (Lipinski definition) is 0. The first-order valence-corrected chi connectivity index (χ1v) is 18.8. The second-order valence-electron chi connectivity index (χ2n) is 14.0. The molecule has 0 atom stereocenters. The van der Waals surface area contributed by atoms with Crippen molar-refractivity contribution in [3.8, 4) is 62.1 Å². The minimum Gasteiger partial charge on any atom is -0.456 e. The topological polar surface area (TPSA) is 56.7 Å². The van der Waals surface area contributed by atoms with E-state index in [1.54, 1.807) is 0 Å². The monoisotopic (exact) mass is 716 g/mol. The number of fused-ring (bicyclic) bond motifs is 6. The van der Waals surface area contributed by atoms with E-state index < -0.39 is 0 Å². The summed E-state index contributed by atoms with van der Waals surface area (Å²) < 4.78 is 8.58. The Balaban J connectivity index is 1.13. The zero-order chi connectivity index (χ0) is 37.0. The van der Waals surface area contributed by atoms with Crippen molar-refractivity contribution in [2.45, 2.75) is 0 Å². The van der Waals surface area contributed by atoms with E-state index in [0.29, 0.717) is 17.5 Å². The Morgan fingerprint density at radius 2 is 0.839 bits per heavy atom. The SMILES string of the molecule is c1ccc(-c2nc(-c3ccccc3)nc(-c3ccc(-n4c5ccccc5c5ccc(-c6ccc7oc8ccccc8c7c6)cc54)c(-c4ccccc4)c3)n2)cc1. The average molecular weight is 717 g/mol. The third-order valence-electron chi connectivity index (χ3n) is 10.7. The Morgan fingerprint density at radius 3 is 1.55 bits per heavy atom. The second-order valence-corrected chi connectivity index (χ2v) is 14.0. The van der Waals surface area contributed by atoms with Gasteiger partial charge in [0.05, 0.1) is 16.7 Å². The predicted octanol–water partition coefficient (Wildman–Crippen LogP) is 13.2. The first-order valence-electron chi connectivity index (χ1n) is 18.8. The van der Waals surface area contributed by atoms with Crippen molar-refractivity contribution in [3.05, 3.63) is 194 Å². The molecule has 0 saturated carbocycles. The van der Waals surface area contributed by atoms with Crippen molar-refractivity contribution in [1.29, 1.82) is 0 Å². The molecule has 0 aliphatic rings. The van der Waals surface area contributed by atoms with Gasteiger partial charge in [0, 0.05) is 43.8 Å². The van der Waals surface area contributed by atoms with Gasteiger partial charge in [0.1, 0.15) is 11.2 Å². The van der Waals surface area contributed by atoms with E-state index >= 15 is 0 Å². The third-order valence-corrected chi connectivity index (χ3v) is 10.7. The molecule has 11 aromatic rings. The van der Waals surface area contributed by atoms with E-state index in [-0.39, 0.29) is 0 Å². The summed E-state index contributed by atoms with van der Waals surface area (Å²) in [5.41, 5.74) is 12.4. The smallest absolute Gasteiger partial charge is 0.164 e. The van der Waals surface area contributed by atoms with Crippen molar-refractivity contribution in [2.24, 2.45) is 0 Å². The van der Waals surface area contributed by atoms with Gasteiger partial charge in [-0.3, -0.25) is 0 Å². The summed E-state index contributed by atoms with van der Waals surface area (Å²) in [4.78, 5) is 15.1. The minimum absolute atomic E-state index is 0.619. The minimum atomic E-state index is 0.619. The van der Waals surface area contributed by atoms with Crippen molar-refractivity contribution >= 4 is 43.7 Å². The molecule has 8 aromatic carbocycles. The van der Waals surface area contributed by atoms with Crippen LogP contribution in [-0.4, -0.2) is 19.5 Å². The Labute approximate surface area is 322 Å². The summed E-state index contributed by atoms with van der Waals surface area (Å²) in [5.74, 6) is 1.89. The molecule has 0 N–H and O–H groups in total. The van der Waals surface area contributed by atoms with Gasteiger partial charge in [-0.1, -0.05) is 146 Å². The van der Waals surface area contributed by atoms with Crippen LogP contribution in [0.15, 0.2) is 199 Å². The molecule has 0 radical (unpaired) electrons. The van der Waals surface area contributed by atoms with Crippen LogP contribution in [0, 0.1) is 0 Å². The summed E-state index contributed by atoms with van der Waals surface area (Å²) in [6.45, 7) is 0. The van der Waals surface area contributed by atoms with Gasteiger partial charge in [-0.15, -0.1) is 0 Å². The molecule has 5 nitrogen and oxygen atoms in total. The zero-order valence-corrected chi connectivity index (χ0v) is 30.2. The molecule has 0 bridgehead atoms. The van der Waals surface area contributed by atoms with Gasteiger partial charge in [0.2, 0.25) is 0 Å². The van der Waals surface area contributed by atoms with Gasteiger partial charge < -0.3 is 8.98 Å². The van der Waals surface area contributed by atoms with Crippen molar-refractivity contribution in [2.75, 3.05) is 0 Å². The first kappa shape index (κ1) is 31.9. The van der Waals surface area contributed by atoms with E-state index in [1.165, 1.54) is 10.8 Å². The lowest BCUT2D eigenvalue weighted by Gasteiger charge is -2.16. The number of para-hydroxylation sites is 2. The highest BCUT2D eigenvalue weighted by Gasteiger charge is 2.19. The molecule has 0 unspecified atom stereocenters. The molecule has 3 heterocycles. The average Bonchev–Trinajstić information content (AvgIpc) is 3.82. The molecule has 262 valence electrons. The fraction of sp³-hybridized carbons (Fsp3) is 0. The van der Waals surface area contributed by atoms with Crippen LogP contribution in [0.2, 0.25) is 0 Å². The molecule has 56 heavy (non-hydrogen) atoms. The molecule has 11 rings (SSSR count). The van der Waals surface area contributed by atoms with Crippen LogP contribution < -0.4 is 0 Å². The fourth-order valence-electron chi connectivity index (χ4n) is 7.97. The molecule has 5 heteroatoms. The van der Waals surface area contributed by atoms with Crippen LogP contribution in [0.4, 0.5) is 0 Å². The number of rotatable bonds is 6. The van der Waals surface area contributed by atoms with Gasteiger partial charge in [-0.05, 0) is 65.2 Å². The number of aromatic nitrogens is 4. The number of nitrogens with zero attached hydrogens (tertiary/aromatic N) is 4. The van der Waals surface area contributed by atoms with Gasteiger partial charge in [0.15, 0.2) is 17.5 Å². The van der Waals surface area contributed by atoms with Gasteiger partial charge in [0.25, 0.3) is 0 Å². The van der Waals surface area contributed by atoms with Crippen molar-refractivity contribution < 1.29 is 4.42 Å². The first-order chi connectivity index (χ1) is 27.7. The molecule has 0 spiro atoms. The Morgan fingerprint density at radius 1 is 0.321 bits per heavy atom. The number of benzene rings is 8. The van der Waals surface area contributed by atoms with Crippen LogP contribution in [0.25, 0.3) is 106 Å². The van der Waals surface area contributed by atoms with Crippen LogP contribution in [0.3, 0.4) is 0 Å². The Bertz CT molecular complexity index is 3180. The molecule has 0 aliphatic heterocycles. The van der Waals surface area contributed by atoms with Crippen molar-refractivity contribution in [1.82, 2.24) is 19.5 Å². The third kappa shape index (κ3) is 5.37. The number of hydrogen-bond acceptors (Lipinski definition) is 4. The van der Waals surface area contributed by atoms with Crippen molar-refractivity contribution in [3.63, 3.8) is 0 Å². The zero-order valence-electron chi connectivity index (χ0n) is 30.2. The van der Waals surface area contributed by atoms with Gasteiger partial charge in [-0.25, -0.2) is 15.0 Å². The maximum atomic E-state index is 6.17. The van der Waals surface area contributed by atoms with Crippen LogP contribution in [-0.2, 0) is 0 Å². The quantitative estimate of drug-likeness (QED) is 0.172. The Hall–Kier alpha value is -7.63. The summed E-state index contributed by atoms with van der Waals surface area (Å²) in [5, 5.41) is 4.63. The highest BCUT2D eigenvalue weighted by Crippen LogP contribution is 2.40. The predicted molar refractivity (Wildman–Crippen MR) is 229 cm³/mol. The lowest BCUT2D eigenvalue weighted by molar-refractivity contribution is 0.669. The summed E-state index contributed by atoms with van der Waals surface area (Å²) >= 11 is 0. The highest BCUT2D eigenvalue weighted by molar-refractivity contribution is 6.11. The molecule has 0 saturated heterocycles. The molecule has 0 aliphatic carbocycles. The van der Waals surface area contributed by atoms with Gasteiger partial charge in [-0.2, -0.15) is 0 Å². The van der Waals surface area contributed by atoms with Crippen LogP contribution >= 0.6 is 0 Å². The lowest BCUT2D eigenvalue weighted by Crippen LogP contribution is -2.02. The molecule has 3 aromatic heterocycles. The summed E-state index contributed by atoms with van der Waals surface area (Å²) in [6.07, 6.45) is 0. The maximum absolute atomic E-state index is 6.17. The van der Waals surface area contributed by atoms with Crippen LogP contribution in [0.1, 0.15) is 0 Å². The fourth-order valence-corrected chi connectivity index (χ4v) is 7.97. The number of furan rings is 1. The van der Waals surface area contributed by atoms with E-state index in [2.05, 4.69) is 126 Å². The van der Waals surface area contributed by atoms with E-state index in [1.807, 2.05) is 72.8 Å². The van der Waals surface area contributed by atoms with Gasteiger partial charge >= 0.3 is 0 Å². The molecule has 0 amide bonds. The Kier molecular flexibility index (Phi) is 7.42. The standard InChI is InChI=1S/C51H32N4O/c1-4-14-33(15-5-1)42-31-38(51-53-49(34-16-6-2-7-17-34)52-50(54-51)35-18-8-3-9-19-35)25-28-45(42)55-44-22-12-10-20-39(44)40-27-24-37(32-46(40)55)36-26-29-48-43(30-36)41-21-11-13-23-47(41)56-48/h1-32H. The lowest BCUT2D eigenvalue weighted by atomic mass is 9.99. The largest absolute Gasteiger partial charge is 0.456 e. The molecule has 0 fully saturated rings. The molecular formula is C51H32N4O. The summed E-state index contributed by atoms with van der Waals surface area (Å²) in [7, 11) is 0. The van der Waals surface area contributed by atoms with E-state index in [9.17, 15) is 0 Å². The van der Waals surface area contributed by atoms with Crippen LogP contribution in [0.5, 0.6) is 0 Å². The van der Waals surface area contributed by atoms with E-state index in [0.717, 1.165) is 77.6 Å².